The second-order valence-corrected chi connectivity index (χ2v) is 6.01. The number of hydrogen-bond donors (Lipinski definition) is 3. The number of nitrogens with one attached hydrogen (secondary N) is 2. The summed E-state index contributed by atoms with van der Waals surface area (Å²) in [6.45, 7) is 2.51. The molecule has 0 saturated carbocycles. The summed E-state index contributed by atoms with van der Waals surface area (Å²) in [5.41, 5.74) is 9.73. The number of halogens is 1. The van der Waals surface area contributed by atoms with Gasteiger partial charge in [-0.25, -0.2) is 4.99 Å². The zero-order valence-electron chi connectivity index (χ0n) is 15.5. The second kappa shape index (κ2) is 10.5. The number of furan rings is 1. The number of nitrogens with zero attached hydrogens (tertiary/aromatic N) is 1. The minimum absolute atomic E-state index is 0. The summed E-state index contributed by atoms with van der Waals surface area (Å²) < 4.78 is 5.09. The lowest BCUT2D eigenvalue weighted by Gasteiger charge is -2.07. The molecule has 28 heavy (non-hydrogen) atoms. The van der Waals surface area contributed by atoms with E-state index >= 15 is 0 Å². The minimum Gasteiger partial charge on any atom is -0.459 e. The van der Waals surface area contributed by atoms with Crippen LogP contribution in [0.4, 0.5) is 11.4 Å². The molecule has 4 N–H and O–H groups in total. The lowest BCUT2D eigenvalue weighted by atomic mass is 10.1. The molecule has 0 bridgehead atoms. The Morgan fingerprint density at radius 1 is 1.00 bits per heavy atom. The fourth-order valence-electron chi connectivity index (χ4n) is 2.54. The van der Waals surface area contributed by atoms with E-state index in [0.717, 1.165) is 17.7 Å². The third-order valence-corrected chi connectivity index (χ3v) is 4.00. The topological polar surface area (TPSA) is 92.6 Å². The molecule has 0 spiro atoms. The number of benzene rings is 2. The van der Waals surface area contributed by atoms with Crippen LogP contribution in [0.5, 0.6) is 0 Å². The third-order valence-electron chi connectivity index (χ3n) is 4.00. The molecule has 1 heterocycles. The molecule has 7 heteroatoms. The normalized spacial score (nSPS) is 10.8. The van der Waals surface area contributed by atoms with Gasteiger partial charge in [0.1, 0.15) is 0 Å². The van der Waals surface area contributed by atoms with Gasteiger partial charge in [-0.3, -0.25) is 4.79 Å². The minimum atomic E-state index is -0.294. The van der Waals surface area contributed by atoms with Crippen molar-refractivity contribution >= 4 is 47.2 Å². The highest BCUT2D eigenvalue weighted by atomic mass is 127. The number of rotatable bonds is 6. The van der Waals surface area contributed by atoms with E-state index in [2.05, 4.69) is 34.7 Å². The van der Waals surface area contributed by atoms with Gasteiger partial charge in [0.15, 0.2) is 11.7 Å². The Bertz CT molecular complexity index is 922. The molecule has 146 valence electrons. The first kappa shape index (κ1) is 21.5. The monoisotopic (exact) mass is 490 g/mol. The lowest BCUT2D eigenvalue weighted by molar-refractivity contribution is 0.0996. The predicted octanol–water partition coefficient (Wildman–Crippen LogP) is 4.64. The van der Waals surface area contributed by atoms with Crippen LogP contribution in [0.25, 0.3) is 0 Å². The van der Waals surface area contributed by atoms with Gasteiger partial charge in [-0.15, -0.1) is 24.0 Å². The molecule has 0 atom stereocenters. The molecule has 0 saturated heterocycles. The Hall–Kier alpha value is -2.81. The van der Waals surface area contributed by atoms with Crippen LogP contribution in [0, 0.1) is 0 Å². The molecular formula is C21H23IN4O2. The van der Waals surface area contributed by atoms with Crippen LogP contribution in [-0.4, -0.2) is 11.9 Å². The fourth-order valence-corrected chi connectivity index (χ4v) is 2.54. The van der Waals surface area contributed by atoms with Gasteiger partial charge >= 0.3 is 0 Å². The van der Waals surface area contributed by atoms with Crippen LogP contribution in [0.2, 0.25) is 0 Å². The number of aryl methyl sites for hydroxylation is 1. The largest absolute Gasteiger partial charge is 0.459 e. The highest BCUT2D eigenvalue weighted by Crippen LogP contribution is 2.14. The molecular weight excluding hydrogens is 467 g/mol. The standard InChI is InChI=1S/C21H22N4O2.HI/c1-2-15-8-10-17(11-9-15)25-21(22)23-14-16-5-3-6-18(13-16)24-20(26)19-7-4-12-27-19;/h3-13H,2,14H2,1H3,(H,24,26)(H3,22,23,25);1H. The van der Waals surface area contributed by atoms with Crippen LogP contribution in [0.3, 0.4) is 0 Å². The van der Waals surface area contributed by atoms with Gasteiger partial charge in [0.25, 0.3) is 5.91 Å². The van der Waals surface area contributed by atoms with E-state index in [9.17, 15) is 4.79 Å². The molecule has 0 unspecified atom stereocenters. The molecule has 0 aliphatic heterocycles. The molecule has 0 aliphatic rings. The summed E-state index contributed by atoms with van der Waals surface area (Å²) in [4.78, 5) is 16.4. The van der Waals surface area contributed by atoms with E-state index in [-0.39, 0.29) is 35.6 Å². The fraction of sp³-hybridized carbons (Fsp3) is 0.143. The van der Waals surface area contributed by atoms with Crippen LogP contribution in [0.1, 0.15) is 28.6 Å². The number of guanidine groups is 1. The van der Waals surface area contributed by atoms with Crippen LogP contribution in [0.15, 0.2) is 76.3 Å². The van der Waals surface area contributed by atoms with E-state index in [1.165, 1.54) is 11.8 Å². The number of aliphatic imine (C=N–C) groups is 1. The lowest BCUT2D eigenvalue weighted by Crippen LogP contribution is -2.22. The highest BCUT2D eigenvalue weighted by molar-refractivity contribution is 14.0. The van der Waals surface area contributed by atoms with Crippen molar-refractivity contribution in [2.45, 2.75) is 19.9 Å². The maximum atomic E-state index is 12.0. The molecule has 3 aromatic rings. The summed E-state index contributed by atoms with van der Waals surface area (Å²) in [6, 6.07) is 18.8. The molecule has 0 fully saturated rings. The van der Waals surface area contributed by atoms with Crippen molar-refractivity contribution in [1.29, 1.82) is 0 Å². The number of anilines is 2. The van der Waals surface area contributed by atoms with E-state index in [1.807, 2.05) is 36.4 Å². The van der Waals surface area contributed by atoms with Gasteiger partial charge in [0.2, 0.25) is 0 Å². The number of carbonyl (C=O) groups is 1. The SMILES string of the molecule is CCc1ccc(NC(N)=NCc2cccc(NC(=O)c3ccco3)c2)cc1.I. The summed E-state index contributed by atoms with van der Waals surface area (Å²) in [5.74, 6) is 0.308. The van der Waals surface area contributed by atoms with E-state index in [0.29, 0.717) is 18.2 Å². The van der Waals surface area contributed by atoms with Crippen molar-refractivity contribution in [3.05, 3.63) is 83.8 Å². The first-order valence-electron chi connectivity index (χ1n) is 8.73. The molecule has 1 aromatic heterocycles. The van der Waals surface area contributed by atoms with Gasteiger partial charge in [-0.1, -0.05) is 31.2 Å². The van der Waals surface area contributed by atoms with Crippen molar-refractivity contribution in [2.24, 2.45) is 10.7 Å². The Morgan fingerprint density at radius 2 is 1.79 bits per heavy atom. The second-order valence-electron chi connectivity index (χ2n) is 6.01. The highest BCUT2D eigenvalue weighted by Gasteiger charge is 2.08. The van der Waals surface area contributed by atoms with Crippen molar-refractivity contribution in [1.82, 2.24) is 0 Å². The van der Waals surface area contributed by atoms with E-state index in [1.54, 1.807) is 12.1 Å². The van der Waals surface area contributed by atoms with Crippen LogP contribution in [-0.2, 0) is 13.0 Å². The average molecular weight is 490 g/mol. The molecule has 0 radical (unpaired) electrons. The van der Waals surface area contributed by atoms with E-state index in [4.69, 9.17) is 10.2 Å². The quantitative estimate of drug-likeness (QED) is 0.267. The zero-order chi connectivity index (χ0) is 19.1. The molecule has 6 nitrogen and oxygen atoms in total. The average Bonchev–Trinajstić information content (AvgIpc) is 3.22. The molecule has 3 rings (SSSR count). The Labute approximate surface area is 181 Å². The zero-order valence-corrected chi connectivity index (χ0v) is 17.8. The van der Waals surface area contributed by atoms with Crippen LogP contribution < -0.4 is 16.4 Å². The Kier molecular flexibility index (Phi) is 8.06. The van der Waals surface area contributed by atoms with Crippen molar-refractivity contribution < 1.29 is 9.21 Å². The number of amides is 1. The van der Waals surface area contributed by atoms with E-state index < -0.39 is 0 Å². The van der Waals surface area contributed by atoms with Crippen molar-refractivity contribution in [3.8, 4) is 0 Å². The van der Waals surface area contributed by atoms with Gasteiger partial charge in [0.05, 0.1) is 12.8 Å². The summed E-state index contributed by atoms with van der Waals surface area (Å²) in [7, 11) is 0. The number of nitrogens with two attached hydrogens (primary N) is 1. The first-order valence-corrected chi connectivity index (χ1v) is 8.73. The van der Waals surface area contributed by atoms with Gasteiger partial charge in [-0.05, 0) is 53.9 Å². The summed E-state index contributed by atoms with van der Waals surface area (Å²) in [6.07, 6.45) is 2.46. The Morgan fingerprint density at radius 3 is 2.46 bits per heavy atom. The Balaban J connectivity index is 0.00000280. The maximum absolute atomic E-state index is 12.0. The van der Waals surface area contributed by atoms with Crippen LogP contribution >= 0.6 is 24.0 Å². The molecule has 0 aliphatic carbocycles. The van der Waals surface area contributed by atoms with Gasteiger partial charge in [0, 0.05) is 11.4 Å². The van der Waals surface area contributed by atoms with Crippen molar-refractivity contribution in [2.75, 3.05) is 10.6 Å². The summed E-state index contributed by atoms with van der Waals surface area (Å²) >= 11 is 0. The van der Waals surface area contributed by atoms with Gasteiger partial charge in [-0.2, -0.15) is 0 Å². The maximum Gasteiger partial charge on any atom is 0.291 e. The first-order chi connectivity index (χ1) is 13.1. The van der Waals surface area contributed by atoms with Gasteiger partial charge < -0.3 is 20.8 Å². The van der Waals surface area contributed by atoms with Crippen molar-refractivity contribution in [3.63, 3.8) is 0 Å². The number of hydrogen-bond acceptors (Lipinski definition) is 3. The molecule has 2 aromatic carbocycles. The number of carbonyl (C=O) groups excluding carboxylic acids is 1. The predicted molar refractivity (Wildman–Crippen MR) is 123 cm³/mol. The smallest absolute Gasteiger partial charge is 0.291 e. The third kappa shape index (κ3) is 6.12. The molecule has 1 amide bonds. The summed E-state index contributed by atoms with van der Waals surface area (Å²) in [5, 5.41) is 5.87.